The zero-order chi connectivity index (χ0) is 22.1. The molecular weight excluding hydrogens is 404 g/mol. The molecule has 1 amide bonds. The molecule has 0 aliphatic carbocycles. The van der Waals surface area contributed by atoms with Crippen molar-refractivity contribution >= 4 is 11.6 Å². The van der Waals surface area contributed by atoms with Crippen LogP contribution in [0.25, 0.3) is 16.8 Å². The van der Waals surface area contributed by atoms with Gasteiger partial charge in [0.25, 0.3) is 5.91 Å². The molecule has 8 heteroatoms. The topological polar surface area (TPSA) is 87.7 Å². The molecule has 8 nitrogen and oxygen atoms in total. The summed E-state index contributed by atoms with van der Waals surface area (Å²) in [5.41, 5.74) is 5.70. The lowest BCUT2D eigenvalue weighted by molar-refractivity contribution is 0.0838. The fraction of sp³-hybridized carbons (Fsp3) is 0.292. The first-order chi connectivity index (χ1) is 15.5. The number of aliphatic hydroxyl groups is 1. The average molecular weight is 431 g/mol. The second-order valence-corrected chi connectivity index (χ2v) is 8.33. The Morgan fingerprint density at radius 1 is 1.12 bits per heavy atom. The number of hydrogen-bond donors (Lipinski definition) is 2. The zero-order valence-electron chi connectivity index (χ0n) is 18.0. The van der Waals surface area contributed by atoms with Gasteiger partial charge in [-0.3, -0.25) is 14.4 Å². The minimum absolute atomic E-state index is 0.186. The molecule has 1 aliphatic heterocycles. The maximum atomic E-state index is 12.6. The van der Waals surface area contributed by atoms with Gasteiger partial charge in [-0.25, -0.2) is 4.98 Å². The molecule has 1 unspecified atom stereocenters. The van der Waals surface area contributed by atoms with Gasteiger partial charge in [-0.1, -0.05) is 24.3 Å². The maximum Gasteiger partial charge on any atom is 0.271 e. The van der Waals surface area contributed by atoms with Crippen molar-refractivity contribution in [1.82, 2.24) is 29.4 Å². The van der Waals surface area contributed by atoms with E-state index in [2.05, 4.69) is 38.5 Å². The molecule has 4 aromatic rings. The highest BCUT2D eigenvalue weighted by Crippen LogP contribution is 2.20. The number of aromatic nitrogens is 4. The summed E-state index contributed by atoms with van der Waals surface area (Å²) in [5.74, 6) is -0.292. The summed E-state index contributed by atoms with van der Waals surface area (Å²) in [7, 11) is 1.88. The van der Waals surface area contributed by atoms with E-state index in [0.29, 0.717) is 17.9 Å². The van der Waals surface area contributed by atoms with E-state index in [1.807, 2.05) is 42.0 Å². The minimum Gasteiger partial charge on any atom is -0.390 e. The Labute approximate surface area is 186 Å². The molecule has 32 heavy (non-hydrogen) atoms. The lowest BCUT2D eigenvalue weighted by atomic mass is 10.00. The number of β-amino-alcohol motifs (C(OH)–C–C–N with tert-alkyl or cyclic N) is 1. The van der Waals surface area contributed by atoms with Crippen LogP contribution < -0.4 is 5.32 Å². The van der Waals surface area contributed by atoms with Crippen molar-refractivity contribution in [3.05, 3.63) is 78.0 Å². The lowest BCUT2D eigenvalue weighted by Crippen LogP contribution is -2.42. The number of nitrogens with zero attached hydrogens (tertiary/aromatic N) is 5. The Morgan fingerprint density at radius 3 is 2.78 bits per heavy atom. The number of aliphatic hydroxyl groups excluding tert-OH is 1. The molecule has 1 aromatic carbocycles. The Kier molecular flexibility index (Phi) is 5.46. The van der Waals surface area contributed by atoms with Crippen molar-refractivity contribution in [1.29, 1.82) is 0 Å². The van der Waals surface area contributed by atoms with Gasteiger partial charge in [-0.2, -0.15) is 5.10 Å². The molecule has 2 N–H and O–H groups in total. The van der Waals surface area contributed by atoms with Crippen LogP contribution in [0, 0.1) is 0 Å². The number of aryl methyl sites for hydroxylation is 1. The van der Waals surface area contributed by atoms with Gasteiger partial charge in [-0.05, 0) is 29.7 Å². The Bertz CT molecular complexity index is 1260. The molecule has 0 fully saturated rings. The number of fused-ring (bicyclic) bond motifs is 2. The van der Waals surface area contributed by atoms with Gasteiger partial charge in [0.1, 0.15) is 11.3 Å². The molecule has 1 atom stereocenters. The fourth-order valence-electron chi connectivity index (χ4n) is 4.22. The van der Waals surface area contributed by atoms with E-state index in [1.165, 1.54) is 11.1 Å². The molecule has 0 radical (unpaired) electrons. The normalized spacial score (nSPS) is 14.9. The highest BCUT2D eigenvalue weighted by atomic mass is 16.3. The van der Waals surface area contributed by atoms with Gasteiger partial charge < -0.3 is 14.8 Å². The third-order valence-corrected chi connectivity index (χ3v) is 5.90. The number of amides is 1. The van der Waals surface area contributed by atoms with Crippen LogP contribution in [-0.4, -0.2) is 60.8 Å². The highest BCUT2D eigenvalue weighted by molar-refractivity contribution is 5.92. The summed E-state index contributed by atoms with van der Waals surface area (Å²) < 4.78 is 3.58. The van der Waals surface area contributed by atoms with Crippen LogP contribution in [0.1, 0.15) is 21.6 Å². The molecule has 0 saturated heterocycles. The second-order valence-electron chi connectivity index (χ2n) is 8.33. The number of carbonyl (C=O) groups is 1. The number of hydrogen-bond acceptors (Lipinski definition) is 5. The highest BCUT2D eigenvalue weighted by Gasteiger charge is 2.19. The van der Waals surface area contributed by atoms with Gasteiger partial charge >= 0.3 is 0 Å². The van der Waals surface area contributed by atoms with Crippen molar-refractivity contribution in [2.45, 2.75) is 19.1 Å². The van der Waals surface area contributed by atoms with Crippen molar-refractivity contribution in [2.75, 3.05) is 19.6 Å². The van der Waals surface area contributed by atoms with E-state index in [1.54, 1.807) is 17.1 Å². The van der Waals surface area contributed by atoms with Crippen LogP contribution in [0.4, 0.5) is 0 Å². The van der Waals surface area contributed by atoms with Crippen molar-refractivity contribution in [3.8, 4) is 11.1 Å². The first-order valence-corrected chi connectivity index (χ1v) is 10.8. The molecule has 5 rings (SSSR count). The molecule has 0 saturated carbocycles. The van der Waals surface area contributed by atoms with Crippen molar-refractivity contribution < 1.29 is 9.90 Å². The minimum atomic E-state index is -0.640. The molecule has 164 valence electrons. The summed E-state index contributed by atoms with van der Waals surface area (Å²) in [6.07, 6.45) is 7.72. The molecule has 3 aromatic heterocycles. The van der Waals surface area contributed by atoms with Crippen LogP contribution in [0.3, 0.4) is 0 Å². The Hall–Kier alpha value is -3.49. The number of carbonyl (C=O) groups excluding carboxylic acids is 1. The van der Waals surface area contributed by atoms with Gasteiger partial charge in [-0.15, -0.1) is 0 Å². The van der Waals surface area contributed by atoms with Gasteiger partial charge in [0, 0.05) is 62.9 Å². The molecule has 0 spiro atoms. The summed E-state index contributed by atoms with van der Waals surface area (Å²) in [6.45, 7) is 2.45. The first kappa shape index (κ1) is 20.4. The number of imidazole rings is 1. The third kappa shape index (κ3) is 4.28. The van der Waals surface area contributed by atoms with Crippen LogP contribution in [0.15, 0.2) is 61.2 Å². The van der Waals surface area contributed by atoms with Crippen molar-refractivity contribution in [2.24, 2.45) is 7.05 Å². The predicted octanol–water partition coefficient (Wildman–Crippen LogP) is 1.88. The Balaban J connectivity index is 1.18. The number of benzene rings is 1. The van der Waals surface area contributed by atoms with Crippen molar-refractivity contribution in [3.63, 3.8) is 0 Å². The maximum absolute atomic E-state index is 12.6. The standard InChI is InChI=1S/C24H26N6O2/c1-28-12-20(10-26-28)19-6-7-23-27-22(16-30(23)14-19)24(32)25-11-21(31)15-29-9-8-17-4-2-3-5-18(17)13-29/h2-7,10,12,14,16,21,31H,8-9,11,13,15H2,1H3,(H,25,32). The summed E-state index contributed by atoms with van der Waals surface area (Å²) in [6, 6.07) is 12.3. The van der Waals surface area contributed by atoms with E-state index >= 15 is 0 Å². The first-order valence-electron chi connectivity index (χ1n) is 10.8. The van der Waals surface area contributed by atoms with Gasteiger partial charge in [0.15, 0.2) is 0 Å². The van der Waals surface area contributed by atoms with E-state index in [-0.39, 0.29) is 12.5 Å². The van der Waals surface area contributed by atoms with E-state index in [9.17, 15) is 9.90 Å². The zero-order valence-corrected chi connectivity index (χ0v) is 18.0. The number of nitrogens with one attached hydrogen (secondary N) is 1. The lowest BCUT2D eigenvalue weighted by Gasteiger charge is -2.30. The van der Waals surface area contributed by atoms with Crippen LogP contribution in [0.5, 0.6) is 0 Å². The number of rotatable bonds is 6. The smallest absolute Gasteiger partial charge is 0.271 e. The molecule has 4 heterocycles. The average Bonchev–Trinajstić information content (AvgIpc) is 3.43. The largest absolute Gasteiger partial charge is 0.390 e. The van der Waals surface area contributed by atoms with E-state index in [4.69, 9.17) is 0 Å². The third-order valence-electron chi connectivity index (χ3n) is 5.90. The van der Waals surface area contributed by atoms with Gasteiger partial charge in [0.05, 0.1) is 12.3 Å². The Morgan fingerprint density at radius 2 is 1.97 bits per heavy atom. The van der Waals surface area contributed by atoms with Crippen LogP contribution in [0.2, 0.25) is 0 Å². The second kappa shape index (κ2) is 8.57. The quantitative estimate of drug-likeness (QED) is 0.488. The monoisotopic (exact) mass is 430 g/mol. The summed E-state index contributed by atoms with van der Waals surface area (Å²) in [4.78, 5) is 19.2. The van der Waals surface area contributed by atoms with E-state index in [0.717, 1.165) is 30.6 Å². The van der Waals surface area contributed by atoms with Crippen LogP contribution in [-0.2, 0) is 20.0 Å². The predicted molar refractivity (Wildman–Crippen MR) is 121 cm³/mol. The molecule has 1 aliphatic rings. The summed E-state index contributed by atoms with van der Waals surface area (Å²) in [5, 5.41) is 17.5. The van der Waals surface area contributed by atoms with Gasteiger partial charge in [0.2, 0.25) is 0 Å². The summed E-state index contributed by atoms with van der Waals surface area (Å²) >= 11 is 0. The van der Waals surface area contributed by atoms with E-state index < -0.39 is 6.10 Å². The SMILES string of the molecule is Cn1cc(-c2ccc3nc(C(=O)NCC(O)CN4CCc5ccccc5C4)cn3c2)cn1. The fourth-order valence-corrected chi connectivity index (χ4v) is 4.22. The van der Waals surface area contributed by atoms with Crippen LogP contribution >= 0.6 is 0 Å². The molecular formula is C24H26N6O2. The number of pyridine rings is 1. The molecule has 0 bridgehead atoms.